The van der Waals surface area contributed by atoms with Crippen LogP contribution in [-0.4, -0.2) is 10.8 Å². The molecular weight excluding hydrogens is 193 g/mol. The number of hydrogen-bond acceptors (Lipinski definition) is 2. The van der Waals surface area contributed by atoms with Gasteiger partial charge in [-0.3, -0.25) is 0 Å². The van der Waals surface area contributed by atoms with Gasteiger partial charge in [0.05, 0.1) is 5.60 Å². The van der Waals surface area contributed by atoms with Gasteiger partial charge in [0.25, 0.3) is 0 Å². The maximum Gasteiger partial charge on any atom is 0.123 e. The topological polar surface area (TPSA) is 44.1 Å². The molecule has 0 atom stereocenters. The van der Waals surface area contributed by atoms with Crippen LogP contribution in [0.5, 0.6) is 0 Å². The van der Waals surface area contributed by atoms with Crippen molar-refractivity contribution in [3.8, 4) is 0 Å². The van der Waals surface area contributed by atoms with Gasteiger partial charge in [0, 0.05) is 5.71 Å². The summed E-state index contributed by atoms with van der Waals surface area (Å²) in [6.07, 6.45) is 2.40. The van der Waals surface area contributed by atoms with Crippen molar-refractivity contribution in [3.05, 3.63) is 35.6 Å². The van der Waals surface area contributed by atoms with Gasteiger partial charge in [0.1, 0.15) is 5.82 Å². The lowest BCUT2D eigenvalue weighted by atomic mass is 9.79. The highest BCUT2D eigenvalue weighted by Gasteiger charge is 2.32. The summed E-state index contributed by atoms with van der Waals surface area (Å²) in [5, 5.41) is 17.8. The summed E-state index contributed by atoms with van der Waals surface area (Å²) in [7, 11) is 0. The number of rotatable bonds is 1. The Morgan fingerprint density at radius 1 is 1.13 bits per heavy atom. The molecule has 0 radical (unpaired) electrons. The molecule has 1 aliphatic rings. The van der Waals surface area contributed by atoms with Crippen LogP contribution in [0.2, 0.25) is 0 Å². The Morgan fingerprint density at radius 2 is 1.67 bits per heavy atom. The Hall–Kier alpha value is -1.22. The van der Waals surface area contributed by atoms with E-state index in [1.165, 1.54) is 12.1 Å². The second-order valence-corrected chi connectivity index (χ2v) is 4.14. The molecule has 0 unspecified atom stereocenters. The average molecular weight is 207 g/mol. The Morgan fingerprint density at radius 3 is 2.20 bits per heavy atom. The fraction of sp³-hybridized carbons (Fsp3) is 0.417. The van der Waals surface area contributed by atoms with Gasteiger partial charge >= 0.3 is 0 Å². The van der Waals surface area contributed by atoms with Gasteiger partial charge in [-0.15, -0.1) is 0 Å². The van der Waals surface area contributed by atoms with E-state index in [9.17, 15) is 9.50 Å². The minimum Gasteiger partial charge on any atom is -0.385 e. The molecule has 1 aromatic rings. The van der Waals surface area contributed by atoms with Gasteiger partial charge in [0.2, 0.25) is 0 Å². The summed E-state index contributed by atoms with van der Waals surface area (Å²) in [5.74, 6) is -0.286. The Bertz CT molecular complexity index is 362. The lowest BCUT2D eigenvalue weighted by Crippen LogP contribution is -2.31. The van der Waals surface area contributed by atoms with E-state index in [1.54, 1.807) is 12.1 Å². The predicted molar refractivity (Wildman–Crippen MR) is 56.5 cm³/mol. The van der Waals surface area contributed by atoms with Crippen LogP contribution in [0.25, 0.3) is 0 Å². The first-order chi connectivity index (χ1) is 7.10. The standard InChI is InChI=1S/C12H14FNO/c13-10-3-1-9(2-4-10)12(15)7-5-11(14)6-8-12/h1-4,14-15H,5-8H2. The summed E-state index contributed by atoms with van der Waals surface area (Å²) < 4.78 is 12.7. The van der Waals surface area contributed by atoms with Crippen molar-refractivity contribution in [2.75, 3.05) is 0 Å². The van der Waals surface area contributed by atoms with Gasteiger partial charge < -0.3 is 10.5 Å². The molecule has 3 heteroatoms. The van der Waals surface area contributed by atoms with E-state index in [4.69, 9.17) is 5.41 Å². The first-order valence-corrected chi connectivity index (χ1v) is 5.15. The van der Waals surface area contributed by atoms with E-state index in [-0.39, 0.29) is 5.82 Å². The number of benzene rings is 1. The van der Waals surface area contributed by atoms with Gasteiger partial charge in [-0.2, -0.15) is 0 Å². The van der Waals surface area contributed by atoms with Gasteiger partial charge in [-0.25, -0.2) is 4.39 Å². The maximum absolute atomic E-state index is 12.7. The quantitative estimate of drug-likeness (QED) is 0.730. The third-order valence-corrected chi connectivity index (χ3v) is 3.06. The molecular formula is C12H14FNO. The molecule has 2 N–H and O–H groups in total. The van der Waals surface area contributed by atoms with E-state index < -0.39 is 5.60 Å². The van der Waals surface area contributed by atoms with Crippen LogP contribution in [0.3, 0.4) is 0 Å². The van der Waals surface area contributed by atoms with Crippen molar-refractivity contribution in [3.63, 3.8) is 0 Å². The average Bonchev–Trinajstić information content (AvgIpc) is 2.24. The molecule has 0 saturated heterocycles. The molecule has 1 aliphatic carbocycles. The smallest absolute Gasteiger partial charge is 0.123 e. The number of aliphatic hydroxyl groups is 1. The van der Waals surface area contributed by atoms with Crippen LogP contribution in [0.15, 0.2) is 24.3 Å². The monoisotopic (exact) mass is 207 g/mol. The lowest BCUT2D eigenvalue weighted by Gasteiger charge is -2.32. The number of nitrogens with one attached hydrogen (secondary N) is 1. The van der Waals surface area contributed by atoms with Crippen LogP contribution in [0.4, 0.5) is 4.39 Å². The summed E-state index contributed by atoms with van der Waals surface area (Å²) in [5.41, 5.74) is 0.594. The molecule has 2 nitrogen and oxygen atoms in total. The normalized spacial score (nSPS) is 26.7. The second kappa shape index (κ2) is 3.74. The second-order valence-electron chi connectivity index (χ2n) is 4.14. The van der Waals surface area contributed by atoms with E-state index in [2.05, 4.69) is 0 Å². The van der Waals surface area contributed by atoms with Crippen LogP contribution in [-0.2, 0) is 5.60 Å². The molecule has 1 fully saturated rings. The molecule has 0 amide bonds. The summed E-state index contributed by atoms with van der Waals surface area (Å²) >= 11 is 0. The number of halogens is 1. The maximum atomic E-state index is 12.7. The van der Waals surface area contributed by atoms with E-state index in [0.29, 0.717) is 31.4 Å². The molecule has 0 heterocycles. The van der Waals surface area contributed by atoms with Crippen LogP contribution in [0.1, 0.15) is 31.2 Å². The molecule has 2 rings (SSSR count). The largest absolute Gasteiger partial charge is 0.385 e. The minimum atomic E-state index is -0.863. The molecule has 80 valence electrons. The predicted octanol–water partition coefficient (Wildman–Crippen LogP) is 2.61. The first-order valence-electron chi connectivity index (χ1n) is 5.15. The third kappa shape index (κ3) is 2.07. The summed E-state index contributed by atoms with van der Waals surface area (Å²) in [6.45, 7) is 0. The summed E-state index contributed by atoms with van der Waals surface area (Å²) in [4.78, 5) is 0. The zero-order chi connectivity index (χ0) is 10.9. The Kier molecular flexibility index (Phi) is 2.57. The lowest BCUT2D eigenvalue weighted by molar-refractivity contribution is 0.0160. The number of hydrogen-bond donors (Lipinski definition) is 2. The van der Waals surface area contributed by atoms with Crippen LogP contribution >= 0.6 is 0 Å². The molecule has 0 aliphatic heterocycles. The van der Waals surface area contributed by atoms with Crippen molar-refractivity contribution < 1.29 is 9.50 Å². The minimum absolute atomic E-state index is 0.286. The molecule has 0 spiro atoms. The van der Waals surface area contributed by atoms with Crippen molar-refractivity contribution in [1.82, 2.24) is 0 Å². The Labute approximate surface area is 88.3 Å². The SMILES string of the molecule is N=C1CCC(O)(c2ccc(F)cc2)CC1. The Balaban J connectivity index is 2.22. The zero-order valence-corrected chi connectivity index (χ0v) is 8.46. The van der Waals surface area contributed by atoms with Crippen molar-refractivity contribution in [1.29, 1.82) is 5.41 Å². The zero-order valence-electron chi connectivity index (χ0n) is 8.46. The van der Waals surface area contributed by atoms with Gasteiger partial charge in [0.15, 0.2) is 0 Å². The van der Waals surface area contributed by atoms with Crippen molar-refractivity contribution in [2.24, 2.45) is 0 Å². The molecule has 1 saturated carbocycles. The fourth-order valence-electron chi connectivity index (χ4n) is 2.01. The summed E-state index contributed by atoms with van der Waals surface area (Å²) in [6, 6.07) is 6.00. The highest BCUT2D eigenvalue weighted by Crippen LogP contribution is 2.35. The molecule has 1 aromatic carbocycles. The molecule has 0 aromatic heterocycles. The highest BCUT2D eigenvalue weighted by molar-refractivity contribution is 5.82. The fourth-order valence-corrected chi connectivity index (χ4v) is 2.01. The first kappa shape index (κ1) is 10.3. The van der Waals surface area contributed by atoms with Gasteiger partial charge in [-0.1, -0.05) is 12.1 Å². The molecule has 0 bridgehead atoms. The van der Waals surface area contributed by atoms with Crippen molar-refractivity contribution in [2.45, 2.75) is 31.3 Å². The van der Waals surface area contributed by atoms with E-state index in [1.807, 2.05) is 0 Å². The molecule has 15 heavy (non-hydrogen) atoms. The van der Waals surface area contributed by atoms with Crippen LogP contribution in [0, 0.1) is 11.2 Å². The van der Waals surface area contributed by atoms with Crippen LogP contribution < -0.4 is 0 Å². The van der Waals surface area contributed by atoms with Crippen molar-refractivity contribution >= 4 is 5.71 Å². The third-order valence-electron chi connectivity index (χ3n) is 3.06. The van der Waals surface area contributed by atoms with Gasteiger partial charge in [-0.05, 0) is 43.4 Å². The highest BCUT2D eigenvalue weighted by atomic mass is 19.1. The van der Waals surface area contributed by atoms with E-state index >= 15 is 0 Å². The van der Waals surface area contributed by atoms with E-state index in [0.717, 1.165) is 5.56 Å².